The Morgan fingerprint density at radius 2 is 1.77 bits per heavy atom. The standard InChI is InChI=1S/C25H33N3O3S.C2HF3O2/c1-28-14-13-25(17-9-10-20(30-2)21(15-17)31-3)12-11-18(16-23(25)28)26-24(29)27-19-7-5-6-8-22(19)32-4;3-2(4,5)1(6)7/h5-10,15,18,23H,11-14,16H2,1-4H3,(H2,26,27,29);(H,6,7). The van der Waals surface area contributed by atoms with Crippen molar-refractivity contribution < 1.29 is 37.3 Å². The number of amides is 2. The molecule has 2 amide bonds. The van der Waals surface area contributed by atoms with Gasteiger partial charge in [0, 0.05) is 22.4 Å². The number of thioether (sulfide) groups is 1. The first-order valence-corrected chi connectivity index (χ1v) is 13.6. The van der Waals surface area contributed by atoms with Crippen LogP contribution in [0.1, 0.15) is 31.2 Å². The Morgan fingerprint density at radius 1 is 1.10 bits per heavy atom. The van der Waals surface area contributed by atoms with Gasteiger partial charge in [0.15, 0.2) is 11.5 Å². The second-order valence-electron chi connectivity index (χ2n) is 9.55. The number of rotatable bonds is 6. The number of anilines is 1. The van der Waals surface area contributed by atoms with Crippen LogP contribution in [-0.2, 0) is 10.2 Å². The lowest BCUT2D eigenvalue weighted by atomic mass is 9.65. The van der Waals surface area contributed by atoms with Crippen LogP contribution in [0, 0.1) is 0 Å². The summed E-state index contributed by atoms with van der Waals surface area (Å²) in [6.07, 6.45) is 0.968. The zero-order valence-corrected chi connectivity index (χ0v) is 23.1. The van der Waals surface area contributed by atoms with Gasteiger partial charge in [0.25, 0.3) is 0 Å². The maximum absolute atomic E-state index is 12.8. The van der Waals surface area contributed by atoms with Crippen molar-refractivity contribution >= 4 is 29.4 Å². The zero-order valence-electron chi connectivity index (χ0n) is 22.3. The summed E-state index contributed by atoms with van der Waals surface area (Å²) >= 11 is 1.63. The largest absolute Gasteiger partial charge is 0.493 e. The Kier molecular flexibility index (Phi) is 10.0. The number of methoxy groups -OCH3 is 2. The van der Waals surface area contributed by atoms with E-state index in [1.54, 1.807) is 26.0 Å². The monoisotopic (exact) mass is 569 g/mol. The predicted molar refractivity (Wildman–Crippen MR) is 144 cm³/mol. The fraction of sp³-hybridized carbons (Fsp3) is 0.481. The van der Waals surface area contributed by atoms with Gasteiger partial charge < -0.3 is 30.1 Å². The number of hydrogen-bond acceptors (Lipinski definition) is 6. The molecule has 2 aromatic rings. The number of ether oxygens (including phenoxy) is 2. The van der Waals surface area contributed by atoms with Crippen molar-refractivity contribution in [2.75, 3.05) is 39.4 Å². The lowest BCUT2D eigenvalue weighted by Crippen LogP contribution is -2.52. The summed E-state index contributed by atoms with van der Waals surface area (Å²) in [6, 6.07) is 14.6. The van der Waals surface area contributed by atoms with Crippen molar-refractivity contribution in [3.8, 4) is 11.5 Å². The van der Waals surface area contributed by atoms with Gasteiger partial charge in [-0.1, -0.05) is 18.2 Å². The number of carboxylic acid groups (broad SMARTS) is 1. The van der Waals surface area contributed by atoms with Crippen molar-refractivity contribution in [2.24, 2.45) is 0 Å². The maximum atomic E-state index is 12.8. The molecule has 2 fully saturated rings. The van der Waals surface area contributed by atoms with E-state index in [0.717, 1.165) is 54.3 Å². The van der Waals surface area contributed by atoms with E-state index in [4.69, 9.17) is 19.4 Å². The summed E-state index contributed by atoms with van der Waals surface area (Å²) in [6.45, 7) is 1.05. The molecule has 12 heteroatoms. The van der Waals surface area contributed by atoms with E-state index in [0.29, 0.717) is 6.04 Å². The summed E-state index contributed by atoms with van der Waals surface area (Å²) in [5.74, 6) is -1.22. The molecule has 214 valence electrons. The number of hydrogen-bond donors (Lipinski definition) is 3. The minimum atomic E-state index is -5.08. The molecule has 2 aromatic carbocycles. The van der Waals surface area contributed by atoms with E-state index in [1.165, 1.54) is 5.56 Å². The maximum Gasteiger partial charge on any atom is 0.490 e. The average molecular weight is 570 g/mol. The number of para-hydroxylation sites is 1. The van der Waals surface area contributed by atoms with Crippen LogP contribution in [0.2, 0.25) is 0 Å². The molecule has 0 aromatic heterocycles. The third kappa shape index (κ3) is 7.10. The predicted octanol–water partition coefficient (Wildman–Crippen LogP) is 5.38. The highest BCUT2D eigenvalue weighted by Gasteiger charge is 2.50. The highest BCUT2D eigenvalue weighted by atomic mass is 32.2. The number of fused-ring (bicyclic) bond motifs is 1. The van der Waals surface area contributed by atoms with Gasteiger partial charge in [-0.3, -0.25) is 0 Å². The van der Waals surface area contributed by atoms with E-state index in [2.05, 4.69) is 34.7 Å². The van der Waals surface area contributed by atoms with Crippen LogP contribution < -0.4 is 20.1 Å². The van der Waals surface area contributed by atoms with Crippen LogP contribution in [0.15, 0.2) is 47.4 Å². The minimum absolute atomic E-state index is 0.0778. The Morgan fingerprint density at radius 3 is 2.38 bits per heavy atom. The molecule has 2 aliphatic rings. The number of likely N-dealkylation sites (tertiary alicyclic amines) is 1. The number of alkyl halides is 3. The van der Waals surface area contributed by atoms with Gasteiger partial charge in [0.2, 0.25) is 0 Å². The molecule has 0 radical (unpaired) electrons. The topological polar surface area (TPSA) is 100 Å². The number of halogens is 3. The van der Waals surface area contributed by atoms with E-state index in [1.807, 2.05) is 36.6 Å². The van der Waals surface area contributed by atoms with Crippen LogP contribution in [0.3, 0.4) is 0 Å². The van der Waals surface area contributed by atoms with Gasteiger partial charge in [-0.2, -0.15) is 13.2 Å². The molecule has 0 bridgehead atoms. The summed E-state index contributed by atoms with van der Waals surface area (Å²) in [4.78, 5) is 25.2. The molecule has 0 spiro atoms. The first-order valence-electron chi connectivity index (χ1n) is 12.4. The number of carbonyl (C=O) groups excluding carboxylic acids is 1. The Bertz CT molecular complexity index is 1170. The number of likely N-dealkylation sites (N-methyl/N-ethyl adjacent to an activating group) is 1. The quantitative estimate of drug-likeness (QED) is 0.402. The number of urea groups is 1. The lowest BCUT2D eigenvalue weighted by Gasteiger charge is -2.45. The Hall–Kier alpha value is -3.12. The van der Waals surface area contributed by atoms with E-state index in [9.17, 15) is 18.0 Å². The number of benzene rings is 2. The van der Waals surface area contributed by atoms with Gasteiger partial charge >= 0.3 is 18.2 Å². The van der Waals surface area contributed by atoms with Crippen LogP contribution >= 0.6 is 11.8 Å². The number of nitrogens with zero attached hydrogens (tertiary/aromatic N) is 1. The van der Waals surface area contributed by atoms with E-state index < -0.39 is 12.1 Å². The number of carboxylic acids is 1. The molecule has 1 saturated carbocycles. The van der Waals surface area contributed by atoms with Crippen molar-refractivity contribution in [2.45, 2.75) is 54.3 Å². The normalized spacial score (nSPS) is 22.6. The van der Waals surface area contributed by atoms with Crippen molar-refractivity contribution in [3.05, 3.63) is 48.0 Å². The Labute approximate surface area is 230 Å². The van der Waals surface area contributed by atoms with E-state index >= 15 is 0 Å². The molecule has 3 unspecified atom stereocenters. The van der Waals surface area contributed by atoms with Crippen LogP contribution in [-0.4, -0.2) is 74.3 Å². The second-order valence-corrected chi connectivity index (χ2v) is 10.4. The fourth-order valence-corrected chi connectivity index (χ4v) is 6.04. The third-order valence-corrected chi connectivity index (χ3v) is 8.21. The SMILES string of the molecule is COc1ccc(C23CCC(NC(=O)Nc4ccccc4SC)CC2N(C)CC3)cc1OC.O=C(O)C(F)(F)F. The average Bonchev–Trinajstić information content (AvgIpc) is 3.25. The first-order chi connectivity index (χ1) is 18.4. The van der Waals surface area contributed by atoms with Gasteiger partial charge in [0.1, 0.15) is 0 Å². The molecule has 4 rings (SSSR count). The smallest absolute Gasteiger partial charge is 0.490 e. The second kappa shape index (κ2) is 12.8. The van der Waals surface area contributed by atoms with Gasteiger partial charge in [-0.05, 0) is 75.4 Å². The lowest BCUT2D eigenvalue weighted by molar-refractivity contribution is -0.192. The fourth-order valence-electron chi connectivity index (χ4n) is 5.49. The van der Waals surface area contributed by atoms with Gasteiger partial charge in [-0.25, -0.2) is 9.59 Å². The molecule has 1 heterocycles. The zero-order chi connectivity index (χ0) is 28.8. The summed E-state index contributed by atoms with van der Waals surface area (Å²) in [5.41, 5.74) is 2.24. The molecule has 1 aliphatic heterocycles. The van der Waals surface area contributed by atoms with Crippen molar-refractivity contribution in [1.82, 2.24) is 10.2 Å². The number of nitrogens with one attached hydrogen (secondary N) is 2. The molecular weight excluding hydrogens is 535 g/mol. The molecule has 39 heavy (non-hydrogen) atoms. The highest BCUT2D eigenvalue weighted by molar-refractivity contribution is 7.98. The highest BCUT2D eigenvalue weighted by Crippen LogP contribution is 2.49. The molecule has 1 aliphatic carbocycles. The number of carbonyl (C=O) groups is 2. The summed E-state index contributed by atoms with van der Waals surface area (Å²) in [7, 11) is 5.55. The number of aliphatic carboxylic acids is 1. The molecule has 3 N–H and O–H groups in total. The summed E-state index contributed by atoms with van der Waals surface area (Å²) in [5, 5.41) is 13.4. The van der Waals surface area contributed by atoms with Crippen molar-refractivity contribution in [3.63, 3.8) is 0 Å². The molecule has 3 atom stereocenters. The van der Waals surface area contributed by atoms with Gasteiger partial charge in [0.05, 0.1) is 19.9 Å². The Balaban J connectivity index is 0.000000532. The minimum Gasteiger partial charge on any atom is -0.493 e. The van der Waals surface area contributed by atoms with Crippen molar-refractivity contribution in [1.29, 1.82) is 0 Å². The summed E-state index contributed by atoms with van der Waals surface area (Å²) < 4.78 is 42.8. The molecule has 8 nitrogen and oxygen atoms in total. The first kappa shape index (κ1) is 30.4. The van der Waals surface area contributed by atoms with Crippen LogP contribution in [0.4, 0.5) is 23.7 Å². The van der Waals surface area contributed by atoms with E-state index in [-0.39, 0.29) is 17.5 Å². The van der Waals surface area contributed by atoms with Crippen LogP contribution in [0.5, 0.6) is 11.5 Å². The molecule has 1 saturated heterocycles. The molecular formula is C27H34F3N3O5S. The van der Waals surface area contributed by atoms with Gasteiger partial charge in [-0.15, -0.1) is 11.8 Å². The third-order valence-electron chi connectivity index (χ3n) is 7.42. The van der Waals surface area contributed by atoms with Crippen LogP contribution in [0.25, 0.3) is 0 Å².